The van der Waals surface area contributed by atoms with Crippen molar-refractivity contribution in [3.8, 4) is 11.3 Å². The molecule has 1 aliphatic rings. The maximum Gasteiger partial charge on any atom is 0.269 e. The van der Waals surface area contributed by atoms with E-state index in [0.29, 0.717) is 25.9 Å². The van der Waals surface area contributed by atoms with E-state index in [-0.39, 0.29) is 10.6 Å². The summed E-state index contributed by atoms with van der Waals surface area (Å²) in [7, 11) is -3.53. The number of nitrogens with zero attached hydrogens (tertiary/aromatic N) is 3. The molecule has 7 nitrogen and oxygen atoms in total. The van der Waals surface area contributed by atoms with E-state index in [4.69, 9.17) is 4.98 Å². The number of anilines is 1. The summed E-state index contributed by atoms with van der Waals surface area (Å²) in [6.07, 6.45) is 0.994. The van der Waals surface area contributed by atoms with Gasteiger partial charge < -0.3 is 4.90 Å². The van der Waals surface area contributed by atoms with Crippen molar-refractivity contribution < 1.29 is 13.3 Å². The zero-order valence-corrected chi connectivity index (χ0v) is 19.9. The van der Waals surface area contributed by atoms with Gasteiger partial charge in [0.25, 0.3) is 5.69 Å². The molecule has 168 valence electrons. The van der Waals surface area contributed by atoms with Gasteiger partial charge >= 0.3 is 0 Å². The van der Waals surface area contributed by atoms with E-state index in [1.807, 2.05) is 0 Å². The Morgan fingerprint density at radius 1 is 1.06 bits per heavy atom. The van der Waals surface area contributed by atoms with E-state index >= 15 is 0 Å². The van der Waals surface area contributed by atoms with Crippen molar-refractivity contribution in [2.45, 2.75) is 43.8 Å². The SMILES string of the molecule is Cc1cc(C)c(-c2csc(N3CCC(S(=O)(=O)c4ccc([N+](=O)[O-])cc4)CC3)n2)c(C)c1. The zero-order valence-electron chi connectivity index (χ0n) is 18.2. The lowest BCUT2D eigenvalue weighted by Crippen LogP contribution is -2.39. The molecule has 2 aromatic carbocycles. The van der Waals surface area contributed by atoms with Crippen LogP contribution in [0, 0.1) is 30.9 Å². The van der Waals surface area contributed by atoms with Crippen LogP contribution in [0.25, 0.3) is 11.3 Å². The van der Waals surface area contributed by atoms with Gasteiger partial charge in [0.15, 0.2) is 15.0 Å². The molecule has 0 spiro atoms. The van der Waals surface area contributed by atoms with Crippen molar-refractivity contribution in [2.75, 3.05) is 18.0 Å². The minimum absolute atomic E-state index is 0.114. The predicted octanol–water partition coefficient (Wildman–Crippen LogP) is 5.09. The minimum atomic E-state index is -3.53. The van der Waals surface area contributed by atoms with Crippen LogP contribution >= 0.6 is 11.3 Å². The van der Waals surface area contributed by atoms with Crippen LogP contribution in [0.2, 0.25) is 0 Å². The van der Waals surface area contributed by atoms with E-state index in [1.54, 1.807) is 11.3 Å². The fourth-order valence-electron chi connectivity index (χ4n) is 4.42. The van der Waals surface area contributed by atoms with Gasteiger partial charge in [-0.15, -0.1) is 11.3 Å². The molecule has 0 atom stereocenters. The summed E-state index contributed by atoms with van der Waals surface area (Å²) in [6.45, 7) is 7.50. The highest BCUT2D eigenvalue weighted by molar-refractivity contribution is 7.92. The Hall–Kier alpha value is -2.78. The monoisotopic (exact) mass is 471 g/mol. The lowest BCUT2D eigenvalue weighted by molar-refractivity contribution is -0.384. The van der Waals surface area contributed by atoms with Crippen LogP contribution in [-0.2, 0) is 9.84 Å². The highest BCUT2D eigenvalue weighted by atomic mass is 32.2. The Bertz CT molecular complexity index is 1240. The predicted molar refractivity (Wildman–Crippen MR) is 127 cm³/mol. The molecule has 3 aromatic rings. The summed E-state index contributed by atoms with van der Waals surface area (Å²) in [6, 6.07) is 9.48. The first-order chi connectivity index (χ1) is 15.2. The Labute approximate surface area is 191 Å². The zero-order chi connectivity index (χ0) is 23.0. The van der Waals surface area contributed by atoms with E-state index in [0.717, 1.165) is 16.4 Å². The van der Waals surface area contributed by atoms with Gasteiger partial charge in [-0.05, 0) is 56.9 Å². The highest BCUT2D eigenvalue weighted by Gasteiger charge is 2.32. The number of aryl methyl sites for hydroxylation is 3. The molecule has 1 fully saturated rings. The van der Waals surface area contributed by atoms with Crippen molar-refractivity contribution >= 4 is 32.0 Å². The summed E-state index contributed by atoms with van der Waals surface area (Å²) in [5.74, 6) is 0. The maximum absolute atomic E-state index is 13.0. The van der Waals surface area contributed by atoms with Gasteiger partial charge in [0, 0.05) is 36.2 Å². The minimum Gasteiger partial charge on any atom is -0.348 e. The normalized spacial score (nSPS) is 15.2. The van der Waals surface area contributed by atoms with Gasteiger partial charge in [-0.3, -0.25) is 10.1 Å². The molecule has 0 aliphatic carbocycles. The molecule has 1 aliphatic heterocycles. The molecule has 32 heavy (non-hydrogen) atoms. The molecular formula is C23H25N3O4S2. The molecule has 4 rings (SSSR count). The number of nitro groups is 1. The van der Waals surface area contributed by atoms with Crippen molar-refractivity contribution in [3.05, 3.63) is 68.6 Å². The lowest BCUT2D eigenvalue weighted by Gasteiger charge is -2.31. The van der Waals surface area contributed by atoms with E-state index < -0.39 is 20.0 Å². The molecule has 0 saturated carbocycles. The highest BCUT2D eigenvalue weighted by Crippen LogP contribution is 2.34. The number of benzene rings is 2. The maximum atomic E-state index is 13.0. The van der Waals surface area contributed by atoms with E-state index in [1.165, 1.54) is 41.0 Å². The van der Waals surface area contributed by atoms with Gasteiger partial charge in [0.2, 0.25) is 0 Å². The third kappa shape index (κ3) is 4.27. The van der Waals surface area contributed by atoms with Gasteiger partial charge in [-0.25, -0.2) is 13.4 Å². The number of piperidine rings is 1. The Balaban J connectivity index is 1.47. The van der Waals surface area contributed by atoms with Crippen molar-refractivity contribution in [1.82, 2.24) is 4.98 Å². The lowest BCUT2D eigenvalue weighted by atomic mass is 9.98. The second-order valence-corrected chi connectivity index (χ2v) is 11.3. The van der Waals surface area contributed by atoms with Gasteiger partial charge in [-0.1, -0.05) is 17.7 Å². The van der Waals surface area contributed by atoms with Crippen LogP contribution < -0.4 is 4.90 Å². The van der Waals surface area contributed by atoms with Crippen molar-refractivity contribution in [3.63, 3.8) is 0 Å². The van der Waals surface area contributed by atoms with Crippen LogP contribution in [0.4, 0.5) is 10.8 Å². The number of non-ortho nitro benzene ring substituents is 1. The smallest absolute Gasteiger partial charge is 0.269 e. The molecule has 0 amide bonds. The van der Waals surface area contributed by atoms with E-state index in [2.05, 4.69) is 43.2 Å². The third-order valence-electron chi connectivity index (χ3n) is 5.95. The first-order valence-electron chi connectivity index (χ1n) is 10.4. The van der Waals surface area contributed by atoms with E-state index in [9.17, 15) is 18.5 Å². The van der Waals surface area contributed by atoms with Crippen LogP contribution in [-0.4, -0.2) is 36.7 Å². The van der Waals surface area contributed by atoms with Crippen molar-refractivity contribution in [1.29, 1.82) is 0 Å². The van der Waals surface area contributed by atoms with Crippen LogP contribution in [0.15, 0.2) is 46.7 Å². The molecule has 9 heteroatoms. The van der Waals surface area contributed by atoms with Gasteiger partial charge in [-0.2, -0.15) is 0 Å². The fraction of sp³-hybridized carbons (Fsp3) is 0.348. The number of aromatic nitrogens is 1. The number of sulfone groups is 1. The Kier molecular flexibility index (Phi) is 6.05. The summed E-state index contributed by atoms with van der Waals surface area (Å²) in [4.78, 5) is 17.4. The van der Waals surface area contributed by atoms with Crippen LogP contribution in [0.3, 0.4) is 0 Å². The number of thiazole rings is 1. The first kappa shape index (κ1) is 22.4. The molecule has 0 N–H and O–H groups in total. The number of nitro benzene ring substituents is 1. The molecule has 0 bridgehead atoms. The molecular weight excluding hydrogens is 446 g/mol. The number of hydrogen-bond donors (Lipinski definition) is 0. The summed E-state index contributed by atoms with van der Waals surface area (Å²) >= 11 is 1.58. The first-order valence-corrected chi connectivity index (χ1v) is 12.9. The Morgan fingerprint density at radius 2 is 1.66 bits per heavy atom. The fourth-order valence-corrected chi connectivity index (χ4v) is 7.02. The standard InChI is InChI=1S/C23H25N3O4S2/c1-15-12-16(2)22(17(3)13-15)21-14-31-23(24-21)25-10-8-20(9-11-25)32(29,30)19-6-4-18(5-7-19)26(27)28/h4-7,12-14,20H,8-11H2,1-3H3. The second-order valence-electron chi connectivity index (χ2n) is 8.27. The summed E-state index contributed by atoms with van der Waals surface area (Å²) in [5, 5.41) is 13.3. The molecule has 0 unspecified atom stereocenters. The Morgan fingerprint density at radius 3 is 2.22 bits per heavy atom. The number of hydrogen-bond acceptors (Lipinski definition) is 7. The molecule has 2 heterocycles. The molecule has 1 aromatic heterocycles. The largest absolute Gasteiger partial charge is 0.348 e. The molecule has 0 radical (unpaired) electrons. The average Bonchev–Trinajstić information content (AvgIpc) is 3.23. The molecule has 1 saturated heterocycles. The van der Waals surface area contributed by atoms with Crippen LogP contribution in [0.1, 0.15) is 29.5 Å². The van der Waals surface area contributed by atoms with Gasteiger partial charge in [0.05, 0.1) is 20.8 Å². The third-order valence-corrected chi connectivity index (χ3v) is 9.13. The van der Waals surface area contributed by atoms with Crippen LogP contribution in [0.5, 0.6) is 0 Å². The number of rotatable bonds is 5. The average molecular weight is 472 g/mol. The summed E-state index contributed by atoms with van der Waals surface area (Å²) in [5.41, 5.74) is 5.64. The van der Waals surface area contributed by atoms with Crippen molar-refractivity contribution in [2.24, 2.45) is 0 Å². The quantitative estimate of drug-likeness (QED) is 0.380. The summed E-state index contributed by atoms with van der Waals surface area (Å²) < 4.78 is 26.0. The topological polar surface area (TPSA) is 93.4 Å². The second kappa shape index (κ2) is 8.63. The van der Waals surface area contributed by atoms with Gasteiger partial charge in [0.1, 0.15) is 0 Å².